The van der Waals surface area contributed by atoms with Crippen LogP contribution < -0.4 is 16.4 Å². The van der Waals surface area contributed by atoms with E-state index in [0.29, 0.717) is 37.2 Å². The minimum Gasteiger partial charge on any atom is -0.397 e. The first-order valence-corrected chi connectivity index (χ1v) is 19.2. The maximum Gasteiger partial charge on any atom is 0.224 e. The van der Waals surface area contributed by atoms with E-state index >= 15 is 0 Å². The number of carbonyl (C=O) groups excluding carboxylic acids is 2. The molecule has 11 heteroatoms. The molecule has 4 aromatic carbocycles. The number of nitrogens with one attached hydrogen (secondary N) is 2. The van der Waals surface area contributed by atoms with Crippen molar-refractivity contribution in [2.45, 2.75) is 80.9 Å². The number of fused-ring (bicyclic) bond motifs is 1. The molecule has 1 fully saturated rings. The largest absolute Gasteiger partial charge is 0.397 e. The summed E-state index contributed by atoms with van der Waals surface area (Å²) in [4.78, 5) is 29.5. The smallest absolute Gasteiger partial charge is 0.224 e. The van der Waals surface area contributed by atoms with Crippen LogP contribution in [0.3, 0.4) is 0 Å². The Labute approximate surface area is 307 Å². The minimum atomic E-state index is -0.548. The third-order valence-electron chi connectivity index (χ3n) is 8.82. The second kappa shape index (κ2) is 18.3. The molecule has 6 rings (SSSR count). The molecule has 51 heavy (non-hydrogen) atoms. The molecule has 5 aromatic rings. The summed E-state index contributed by atoms with van der Waals surface area (Å²) in [5.41, 5.74) is 11.9. The van der Waals surface area contributed by atoms with Gasteiger partial charge in [0.1, 0.15) is 0 Å². The number of nitrogens with zero attached hydrogens (tertiary/aromatic N) is 1. The van der Waals surface area contributed by atoms with Gasteiger partial charge in [0.25, 0.3) is 0 Å². The zero-order valence-electron chi connectivity index (χ0n) is 28.5. The van der Waals surface area contributed by atoms with Gasteiger partial charge in [-0.2, -0.15) is 0 Å². The number of aliphatic hydroxyl groups excluding tert-OH is 1. The van der Waals surface area contributed by atoms with Crippen molar-refractivity contribution in [2.24, 2.45) is 0 Å². The summed E-state index contributed by atoms with van der Waals surface area (Å²) >= 11 is 3.41. The average Bonchev–Trinajstić information content (AvgIpc) is 3.59. The summed E-state index contributed by atoms with van der Waals surface area (Å²) < 4.78 is 15.2. The molecular formula is C40H44N4O5S2. The van der Waals surface area contributed by atoms with E-state index in [-0.39, 0.29) is 30.6 Å². The lowest BCUT2D eigenvalue weighted by molar-refractivity contribution is -0.245. The maximum absolute atomic E-state index is 12.5. The Hall–Kier alpha value is -4.26. The number of amides is 2. The zero-order chi connectivity index (χ0) is 35.4. The summed E-state index contributed by atoms with van der Waals surface area (Å²) in [5, 5.41) is 15.4. The maximum atomic E-state index is 12.5. The van der Waals surface area contributed by atoms with Gasteiger partial charge in [0, 0.05) is 37.1 Å². The zero-order valence-corrected chi connectivity index (χ0v) is 30.1. The number of nitrogen functional groups attached to an aromatic ring is 1. The van der Waals surface area contributed by atoms with Crippen LogP contribution in [0.25, 0.3) is 10.2 Å². The molecule has 266 valence electrons. The summed E-state index contributed by atoms with van der Waals surface area (Å²) in [6.45, 7) is 0.440. The van der Waals surface area contributed by atoms with Gasteiger partial charge in [-0.25, -0.2) is 4.98 Å². The fraction of sp³-hybridized carbons (Fsp3) is 0.325. The first kappa shape index (κ1) is 36.5. The first-order chi connectivity index (χ1) is 24.9. The molecule has 0 radical (unpaired) electrons. The number of thiazole rings is 1. The van der Waals surface area contributed by atoms with Crippen molar-refractivity contribution in [3.63, 3.8) is 0 Å². The second-order valence-corrected chi connectivity index (χ2v) is 15.0. The number of aliphatic hydroxyl groups is 1. The van der Waals surface area contributed by atoms with Gasteiger partial charge in [-0.15, -0.1) is 11.3 Å². The lowest BCUT2D eigenvalue weighted by atomic mass is 10.0. The minimum absolute atomic E-state index is 0.000233. The number of para-hydroxylation sites is 3. The highest BCUT2D eigenvalue weighted by Gasteiger charge is 2.32. The van der Waals surface area contributed by atoms with Gasteiger partial charge in [0.15, 0.2) is 10.6 Å². The third-order valence-corrected chi connectivity index (χ3v) is 11.1. The Morgan fingerprint density at radius 2 is 1.51 bits per heavy atom. The van der Waals surface area contributed by atoms with Crippen LogP contribution in [0.1, 0.15) is 79.6 Å². The molecule has 2 amide bonds. The molecular weight excluding hydrogens is 681 g/mol. The van der Waals surface area contributed by atoms with Crippen LogP contribution in [0.15, 0.2) is 101 Å². The van der Waals surface area contributed by atoms with E-state index in [1.54, 1.807) is 35.2 Å². The van der Waals surface area contributed by atoms with Crippen LogP contribution >= 0.6 is 23.1 Å². The van der Waals surface area contributed by atoms with Crippen molar-refractivity contribution in [1.82, 2.24) is 10.3 Å². The van der Waals surface area contributed by atoms with Crippen molar-refractivity contribution >= 4 is 56.5 Å². The number of carbonyl (C=O) groups is 2. The summed E-state index contributed by atoms with van der Waals surface area (Å²) in [6.07, 6.45) is 4.11. The topological polar surface area (TPSA) is 136 Å². The van der Waals surface area contributed by atoms with Crippen molar-refractivity contribution in [2.75, 3.05) is 16.8 Å². The number of nitrogens with two attached hydrogens (primary N) is 1. The number of benzene rings is 4. The van der Waals surface area contributed by atoms with E-state index in [1.165, 1.54) is 4.70 Å². The van der Waals surface area contributed by atoms with Gasteiger partial charge >= 0.3 is 0 Å². The van der Waals surface area contributed by atoms with Gasteiger partial charge in [0.2, 0.25) is 11.8 Å². The van der Waals surface area contributed by atoms with E-state index in [4.69, 9.17) is 20.2 Å². The fourth-order valence-electron chi connectivity index (χ4n) is 5.93. The number of aromatic nitrogens is 1. The van der Waals surface area contributed by atoms with Gasteiger partial charge in [-0.3, -0.25) is 9.59 Å². The number of thioether (sulfide) groups is 1. The molecule has 3 atom stereocenters. The molecule has 5 N–H and O–H groups in total. The molecule has 1 saturated heterocycles. The van der Waals surface area contributed by atoms with Crippen molar-refractivity contribution < 1.29 is 24.2 Å². The summed E-state index contributed by atoms with van der Waals surface area (Å²) in [5.74, 6) is 0.707. The monoisotopic (exact) mass is 724 g/mol. The van der Waals surface area contributed by atoms with Crippen LogP contribution in [-0.2, 0) is 32.2 Å². The Bertz CT molecular complexity index is 1850. The van der Waals surface area contributed by atoms with Crippen molar-refractivity contribution in [3.8, 4) is 0 Å². The first-order valence-electron chi connectivity index (χ1n) is 17.4. The van der Waals surface area contributed by atoms with E-state index in [9.17, 15) is 14.7 Å². The Balaban J connectivity index is 0.958. The predicted octanol–water partition coefficient (Wildman–Crippen LogP) is 8.30. The highest BCUT2D eigenvalue weighted by molar-refractivity contribution is 8.01. The fourth-order valence-corrected chi connectivity index (χ4v) is 8.04. The number of hydrogen-bond acceptors (Lipinski definition) is 9. The van der Waals surface area contributed by atoms with E-state index in [1.807, 2.05) is 78.9 Å². The van der Waals surface area contributed by atoms with Gasteiger partial charge < -0.3 is 30.9 Å². The standard InChI is InChI=1S/C40H44N4O5S2/c41-32-9-5-6-10-33(32)43-38(47)14-4-2-1-3-13-37(46)42-24-27-15-21-30(22-16-27)39-48-31(23-35(49-39)29-19-17-28(25-45)18-20-29)26-50-40-44-34-11-7-8-12-36(34)51-40/h5-12,15-22,31,35,39,45H,1-4,13-14,23-26,41H2,(H,42,46)(H,43,47)/t31-,35+,39+/m1/s1. The molecule has 0 spiro atoms. The van der Waals surface area contributed by atoms with Gasteiger partial charge in [-0.1, -0.05) is 97.4 Å². The van der Waals surface area contributed by atoms with Crippen molar-refractivity contribution in [1.29, 1.82) is 0 Å². The number of unbranched alkanes of at least 4 members (excludes halogenated alkanes) is 3. The number of ether oxygens (including phenoxy) is 2. The van der Waals surface area contributed by atoms with Gasteiger partial charge in [0.05, 0.1) is 40.4 Å². The van der Waals surface area contributed by atoms with Gasteiger partial charge in [-0.05, 0) is 53.8 Å². The molecule has 1 aliphatic heterocycles. The van der Waals surface area contributed by atoms with Crippen LogP contribution in [0.5, 0.6) is 0 Å². The Kier molecular flexibility index (Phi) is 13.1. The average molecular weight is 725 g/mol. The van der Waals surface area contributed by atoms with Crippen LogP contribution in [-0.4, -0.2) is 33.8 Å². The number of hydrogen-bond donors (Lipinski definition) is 4. The third kappa shape index (κ3) is 10.6. The molecule has 0 unspecified atom stereocenters. The highest BCUT2D eigenvalue weighted by Crippen LogP contribution is 2.40. The van der Waals surface area contributed by atoms with Crippen LogP contribution in [0.2, 0.25) is 0 Å². The SMILES string of the molecule is Nc1ccccc1NC(=O)CCCCCCC(=O)NCc1ccc([C@H]2O[C@@H](CSc3nc4ccccc4s3)C[C@@H](c3ccc(CO)cc3)O2)cc1. The molecule has 2 heterocycles. The summed E-state index contributed by atoms with van der Waals surface area (Å²) in [6, 6.07) is 31.3. The summed E-state index contributed by atoms with van der Waals surface area (Å²) in [7, 11) is 0. The molecule has 1 aliphatic rings. The normalized spacial score (nSPS) is 17.3. The van der Waals surface area contributed by atoms with E-state index < -0.39 is 6.29 Å². The molecule has 1 aromatic heterocycles. The number of rotatable bonds is 16. The lowest BCUT2D eigenvalue weighted by Gasteiger charge is -2.36. The van der Waals surface area contributed by atoms with Crippen LogP contribution in [0.4, 0.5) is 11.4 Å². The Morgan fingerprint density at radius 1 is 0.824 bits per heavy atom. The van der Waals surface area contributed by atoms with E-state index in [2.05, 4.69) is 16.7 Å². The number of anilines is 2. The lowest BCUT2D eigenvalue weighted by Crippen LogP contribution is -2.31. The molecule has 9 nitrogen and oxygen atoms in total. The van der Waals surface area contributed by atoms with E-state index in [0.717, 1.165) is 63.5 Å². The Morgan fingerprint density at radius 3 is 2.25 bits per heavy atom. The predicted molar refractivity (Wildman–Crippen MR) is 204 cm³/mol. The second-order valence-electron chi connectivity index (χ2n) is 12.7. The molecule has 0 saturated carbocycles. The van der Waals surface area contributed by atoms with Crippen LogP contribution in [0, 0.1) is 0 Å². The quantitative estimate of drug-likeness (QED) is 0.0454. The molecule has 0 bridgehead atoms. The molecule has 0 aliphatic carbocycles. The highest BCUT2D eigenvalue weighted by atomic mass is 32.2. The van der Waals surface area contributed by atoms with Crippen molar-refractivity contribution in [3.05, 3.63) is 119 Å².